The lowest BCUT2D eigenvalue weighted by Crippen LogP contribution is -2.45. The van der Waals surface area contributed by atoms with Crippen molar-refractivity contribution in [2.24, 2.45) is 0 Å². The van der Waals surface area contributed by atoms with Crippen molar-refractivity contribution in [2.45, 2.75) is 44.2 Å². The second kappa shape index (κ2) is 9.72. The van der Waals surface area contributed by atoms with Crippen LogP contribution in [0.25, 0.3) is 0 Å². The molecule has 0 radical (unpaired) electrons. The zero-order valence-corrected chi connectivity index (χ0v) is 19.5. The molecule has 1 aromatic heterocycles. The number of nitrogens with one attached hydrogen (secondary N) is 1. The maximum Gasteiger partial charge on any atom is 0.243 e. The Kier molecular flexibility index (Phi) is 6.76. The number of carbonyl (C=O) groups excluding carboxylic acids is 1. The highest BCUT2D eigenvalue weighted by atomic mass is 32.2. The Bertz CT molecular complexity index is 1230. The van der Waals surface area contributed by atoms with E-state index in [9.17, 15) is 13.2 Å². The largest absolute Gasteiger partial charge is 0.439 e. The fraction of sp³-hybridized carbons (Fsp3) is 0.280. The van der Waals surface area contributed by atoms with Crippen LogP contribution in [0.4, 0.5) is 0 Å². The van der Waals surface area contributed by atoms with Crippen molar-refractivity contribution in [3.05, 3.63) is 83.6 Å². The van der Waals surface area contributed by atoms with Crippen LogP contribution < -0.4 is 10.1 Å². The van der Waals surface area contributed by atoms with Gasteiger partial charge in [-0.15, -0.1) is 0 Å². The predicted molar refractivity (Wildman–Crippen MR) is 125 cm³/mol. The lowest BCUT2D eigenvalue weighted by molar-refractivity contribution is -0.124. The highest BCUT2D eigenvalue weighted by molar-refractivity contribution is 7.89. The lowest BCUT2D eigenvalue weighted by Gasteiger charge is -2.23. The molecule has 1 fully saturated rings. The molecule has 0 aliphatic carbocycles. The SMILES string of the molecule is Cc1ccc(C)c(Oc2ccc(CNC(=O)C3CCCN3S(=O)(=O)c3ccccc3)cn2)c1. The quantitative estimate of drug-likeness (QED) is 0.571. The van der Waals surface area contributed by atoms with E-state index in [1.165, 1.54) is 4.31 Å². The van der Waals surface area contributed by atoms with Crippen molar-refractivity contribution in [1.29, 1.82) is 0 Å². The van der Waals surface area contributed by atoms with Crippen LogP contribution in [0.1, 0.15) is 29.5 Å². The van der Waals surface area contributed by atoms with Crippen LogP contribution >= 0.6 is 0 Å². The minimum Gasteiger partial charge on any atom is -0.439 e. The van der Waals surface area contributed by atoms with Gasteiger partial charge in [0.25, 0.3) is 0 Å². The average Bonchev–Trinajstić information content (AvgIpc) is 3.32. The molecular weight excluding hydrogens is 438 g/mol. The van der Waals surface area contributed by atoms with E-state index < -0.39 is 16.1 Å². The Morgan fingerprint density at radius 1 is 1.12 bits per heavy atom. The van der Waals surface area contributed by atoms with E-state index in [0.717, 1.165) is 22.4 Å². The summed E-state index contributed by atoms with van der Waals surface area (Å²) in [5.41, 5.74) is 2.92. The maximum atomic E-state index is 13.0. The minimum absolute atomic E-state index is 0.202. The van der Waals surface area contributed by atoms with Crippen molar-refractivity contribution in [2.75, 3.05) is 6.54 Å². The van der Waals surface area contributed by atoms with Gasteiger partial charge in [0.05, 0.1) is 4.90 Å². The summed E-state index contributed by atoms with van der Waals surface area (Å²) in [6, 6.07) is 17.1. The number of carbonyl (C=O) groups is 1. The molecule has 1 atom stereocenters. The molecule has 8 heteroatoms. The van der Waals surface area contributed by atoms with Gasteiger partial charge in [-0.05, 0) is 61.6 Å². The van der Waals surface area contributed by atoms with Crippen molar-refractivity contribution >= 4 is 15.9 Å². The van der Waals surface area contributed by atoms with Gasteiger partial charge in [0, 0.05) is 25.4 Å². The smallest absolute Gasteiger partial charge is 0.243 e. The number of nitrogens with zero attached hydrogens (tertiary/aromatic N) is 2. The van der Waals surface area contributed by atoms with E-state index in [0.29, 0.717) is 25.3 Å². The van der Waals surface area contributed by atoms with Crippen LogP contribution in [0.5, 0.6) is 11.6 Å². The van der Waals surface area contributed by atoms with Crippen LogP contribution in [-0.2, 0) is 21.4 Å². The van der Waals surface area contributed by atoms with Crippen LogP contribution in [-0.4, -0.2) is 36.2 Å². The van der Waals surface area contributed by atoms with Gasteiger partial charge in [0.1, 0.15) is 11.8 Å². The molecule has 2 aromatic carbocycles. The summed E-state index contributed by atoms with van der Waals surface area (Å²) in [7, 11) is -3.71. The zero-order valence-electron chi connectivity index (χ0n) is 18.7. The van der Waals surface area contributed by atoms with E-state index in [1.54, 1.807) is 42.6 Å². The van der Waals surface area contributed by atoms with Crippen molar-refractivity contribution < 1.29 is 17.9 Å². The molecule has 1 unspecified atom stereocenters. The Balaban J connectivity index is 1.38. The zero-order chi connectivity index (χ0) is 23.4. The summed E-state index contributed by atoms with van der Waals surface area (Å²) in [4.78, 5) is 17.4. The van der Waals surface area contributed by atoms with Crippen LogP contribution in [0.3, 0.4) is 0 Å². The molecule has 7 nitrogen and oxygen atoms in total. The van der Waals surface area contributed by atoms with E-state index in [4.69, 9.17) is 4.74 Å². The second-order valence-corrected chi connectivity index (χ2v) is 10.1. The van der Waals surface area contributed by atoms with Crippen LogP contribution in [0, 0.1) is 13.8 Å². The maximum absolute atomic E-state index is 13.0. The van der Waals surface area contributed by atoms with Gasteiger partial charge in [-0.3, -0.25) is 4.79 Å². The van der Waals surface area contributed by atoms with Gasteiger partial charge in [-0.1, -0.05) is 36.4 Å². The normalized spacial score (nSPS) is 16.5. The molecule has 1 saturated heterocycles. The van der Waals surface area contributed by atoms with Crippen molar-refractivity contribution in [1.82, 2.24) is 14.6 Å². The molecular formula is C25H27N3O4S. The van der Waals surface area contributed by atoms with Crippen molar-refractivity contribution in [3.8, 4) is 11.6 Å². The predicted octanol–water partition coefficient (Wildman–Crippen LogP) is 3.96. The van der Waals surface area contributed by atoms with E-state index >= 15 is 0 Å². The third-order valence-electron chi connectivity index (χ3n) is 5.68. The number of amides is 1. The van der Waals surface area contributed by atoms with E-state index in [1.807, 2.05) is 38.1 Å². The molecule has 1 N–H and O–H groups in total. The Labute approximate surface area is 194 Å². The van der Waals surface area contributed by atoms with Crippen LogP contribution in [0.15, 0.2) is 71.8 Å². The first-order valence-electron chi connectivity index (χ1n) is 10.9. The van der Waals surface area contributed by atoms with Gasteiger partial charge in [-0.25, -0.2) is 13.4 Å². The van der Waals surface area contributed by atoms with E-state index in [-0.39, 0.29) is 17.3 Å². The van der Waals surface area contributed by atoms with Gasteiger partial charge in [0.15, 0.2) is 0 Å². The molecule has 2 heterocycles. The standard InChI is InChI=1S/C25H27N3O4S/c1-18-10-11-19(2)23(15-18)32-24-13-12-20(16-26-24)17-27-25(29)22-9-6-14-28(22)33(30,31)21-7-4-3-5-8-21/h3-5,7-8,10-13,15-16,22H,6,9,14,17H2,1-2H3,(H,27,29). The molecule has 4 rings (SSSR count). The molecule has 1 amide bonds. The molecule has 33 heavy (non-hydrogen) atoms. The highest BCUT2D eigenvalue weighted by Crippen LogP contribution is 2.27. The molecule has 0 saturated carbocycles. The third-order valence-corrected chi connectivity index (χ3v) is 7.60. The Morgan fingerprint density at radius 3 is 2.64 bits per heavy atom. The highest BCUT2D eigenvalue weighted by Gasteiger charge is 2.39. The number of aryl methyl sites for hydroxylation is 2. The number of sulfonamides is 1. The number of rotatable bonds is 7. The minimum atomic E-state index is -3.71. The first-order chi connectivity index (χ1) is 15.8. The van der Waals surface area contributed by atoms with Gasteiger partial charge >= 0.3 is 0 Å². The summed E-state index contributed by atoms with van der Waals surface area (Å²) in [6.45, 7) is 4.57. The van der Waals surface area contributed by atoms with Gasteiger partial charge in [0.2, 0.25) is 21.8 Å². The molecule has 0 spiro atoms. The first kappa shape index (κ1) is 22.9. The first-order valence-corrected chi connectivity index (χ1v) is 12.3. The fourth-order valence-electron chi connectivity index (χ4n) is 3.83. The third kappa shape index (κ3) is 5.23. The van der Waals surface area contributed by atoms with Gasteiger partial charge in [-0.2, -0.15) is 4.31 Å². The summed E-state index contributed by atoms with van der Waals surface area (Å²) < 4.78 is 33.1. The fourth-order valence-corrected chi connectivity index (χ4v) is 5.51. The molecule has 3 aromatic rings. The molecule has 172 valence electrons. The number of hydrogen-bond donors (Lipinski definition) is 1. The van der Waals surface area contributed by atoms with Crippen LogP contribution in [0.2, 0.25) is 0 Å². The van der Waals surface area contributed by atoms with Gasteiger partial charge < -0.3 is 10.1 Å². The summed E-state index contributed by atoms with van der Waals surface area (Å²) in [5.74, 6) is 0.918. The number of ether oxygens (including phenoxy) is 1. The molecule has 1 aliphatic rings. The molecule has 1 aliphatic heterocycles. The summed E-state index contributed by atoms with van der Waals surface area (Å²) in [6.07, 6.45) is 2.79. The number of aromatic nitrogens is 1. The average molecular weight is 466 g/mol. The second-order valence-electron chi connectivity index (χ2n) is 8.18. The van der Waals surface area contributed by atoms with Crippen molar-refractivity contribution in [3.63, 3.8) is 0 Å². The Morgan fingerprint density at radius 2 is 1.91 bits per heavy atom. The molecule has 0 bridgehead atoms. The lowest BCUT2D eigenvalue weighted by atomic mass is 10.1. The number of pyridine rings is 1. The summed E-state index contributed by atoms with van der Waals surface area (Å²) >= 11 is 0. The Hall–Kier alpha value is -3.23. The summed E-state index contributed by atoms with van der Waals surface area (Å²) in [5, 5.41) is 2.85. The monoisotopic (exact) mass is 465 g/mol. The van der Waals surface area contributed by atoms with E-state index in [2.05, 4.69) is 10.3 Å². The topological polar surface area (TPSA) is 88.6 Å². The number of benzene rings is 2. The number of hydrogen-bond acceptors (Lipinski definition) is 5.